The topological polar surface area (TPSA) is 66.8 Å². The summed E-state index contributed by atoms with van der Waals surface area (Å²) in [5.41, 5.74) is 0.218. The number of carboxylic acid groups (broad SMARTS) is 1. The van der Waals surface area contributed by atoms with Gasteiger partial charge in [-0.25, -0.2) is 4.39 Å². The summed E-state index contributed by atoms with van der Waals surface area (Å²) in [4.78, 5) is 10.3. The van der Waals surface area contributed by atoms with E-state index in [4.69, 9.17) is 5.11 Å². The van der Waals surface area contributed by atoms with Crippen LogP contribution in [0.3, 0.4) is 0 Å². The van der Waals surface area contributed by atoms with Gasteiger partial charge in [-0.2, -0.15) is 0 Å². The molecule has 4 nitrogen and oxygen atoms in total. The Kier molecular flexibility index (Phi) is 3.62. The minimum atomic E-state index is -1.21. The average Bonchev–Trinajstić information content (AvgIpc) is 2.16. The van der Waals surface area contributed by atoms with Crippen LogP contribution in [0.25, 0.3) is 0 Å². The Labute approximate surface area is 85.9 Å². The summed E-state index contributed by atoms with van der Waals surface area (Å²) in [6.07, 6.45) is -1.66. The summed E-state index contributed by atoms with van der Waals surface area (Å²) in [6.45, 7) is 0. The molecule has 15 heavy (non-hydrogen) atoms. The lowest BCUT2D eigenvalue weighted by atomic mass is 10.1. The van der Waals surface area contributed by atoms with Gasteiger partial charge in [0, 0.05) is 0 Å². The highest BCUT2D eigenvalue weighted by molar-refractivity contribution is 5.67. The van der Waals surface area contributed by atoms with Gasteiger partial charge in [0.15, 0.2) is 11.6 Å². The molecule has 1 unspecified atom stereocenters. The first-order chi connectivity index (χ1) is 7.04. The Balaban J connectivity index is 2.87. The third-order valence-electron chi connectivity index (χ3n) is 1.93. The number of rotatable bonds is 4. The van der Waals surface area contributed by atoms with Gasteiger partial charge < -0.3 is 14.9 Å². The van der Waals surface area contributed by atoms with Gasteiger partial charge in [-0.3, -0.25) is 4.79 Å². The van der Waals surface area contributed by atoms with E-state index in [1.807, 2.05) is 0 Å². The molecule has 0 heterocycles. The minimum absolute atomic E-state index is 0.0567. The van der Waals surface area contributed by atoms with E-state index in [1.165, 1.54) is 19.2 Å². The largest absolute Gasteiger partial charge is 0.494 e. The molecule has 0 aromatic heterocycles. The second-order valence-corrected chi connectivity index (χ2v) is 3.01. The number of hydrogen-bond acceptors (Lipinski definition) is 3. The first-order valence-electron chi connectivity index (χ1n) is 4.28. The molecule has 0 aliphatic rings. The molecule has 0 radical (unpaired) electrons. The van der Waals surface area contributed by atoms with Crippen molar-refractivity contribution in [2.75, 3.05) is 7.11 Å². The quantitative estimate of drug-likeness (QED) is 0.793. The summed E-state index contributed by atoms with van der Waals surface area (Å²) in [7, 11) is 1.33. The van der Waals surface area contributed by atoms with E-state index in [0.717, 1.165) is 6.07 Å². The Morgan fingerprint density at radius 1 is 1.60 bits per heavy atom. The van der Waals surface area contributed by atoms with Crippen molar-refractivity contribution in [3.05, 3.63) is 29.6 Å². The average molecular weight is 214 g/mol. The monoisotopic (exact) mass is 214 g/mol. The fourth-order valence-electron chi connectivity index (χ4n) is 1.17. The van der Waals surface area contributed by atoms with Crippen LogP contribution in [0.2, 0.25) is 0 Å². The standard InChI is InChI=1S/C10H11FO4/c1-15-9-3-2-6(4-7(9)11)8(12)5-10(13)14/h2-4,8,12H,5H2,1H3,(H,13,14). The number of hydrogen-bond donors (Lipinski definition) is 2. The molecule has 0 amide bonds. The van der Waals surface area contributed by atoms with Crippen molar-refractivity contribution < 1.29 is 24.1 Å². The lowest BCUT2D eigenvalue weighted by molar-refractivity contribution is -0.139. The summed E-state index contributed by atoms with van der Waals surface area (Å²) in [5, 5.41) is 17.8. The smallest absolute Gasteiger partial charge is 0.306 e. The maximum atomic E-state index is 13.2. The molecule has 0 saturated carbocycles. The van der Waals surface area contributed by atoms with Gasteiger partial charge in [-0.1, -0.05) is 6.07 Å². The highest BCUT2D eigenvalue weighted by atomic mass is 19.1. The van der Waals surface area contributed by atoms with E-state index in [0.29, 0.717) is 0 Å². The number of aliphatic hydroxyl groups excluding tert-OH is 1. The molecule has 1 aromatic rings. The molecule has 0 aliphatic heterocycles. The van der Waals surface area contributed by atoms with Crippen molar-refractivity contribution >= 4 is 5.97 Å². The first kappa shape index (κ1) is 11.5. The number of carboxylic acids is 1. The summed E-state index contributed by atoms with van der Waals surface area (Å²) >= 11 is 0. The molecule has 1 rings (SSSR count). The molecule has 0 spiro atoms. The van der Waals surface area contributed by atoms with Crippen LogP contribution in [0, 0.1) is 5.82 Å². The van der Waals surface area contributed by atoms with Crippen molar-refractivity contribution in [3.63, 3.8) is 0 Å². The van der Waals surface area contributed by atoms with E-state index in [1.54, 1.807) is 0 Å². The second kappa shape index (κ2) is 4.75. The highest BCUT2D eigenvalue weighted by Crippen LogP contribution is 2.23. The van der Waals surface area contributed by atoms with E-state index in [-0.39, 0.29) is 11.3 Å². The number of aliphatic carboxylic acids is 1. The van der Waals surface area contributed by atoms with Gasteiger partial charge in [0.2, 0.25) is 0 Å². The normalized spacial score (nSPS) is 12.2. The number of aliphatic hydroxyl groups is 1. The van der Waals surface area contributed by atoms with E-state index < -0.39 is 24.3 Å². The Bertz CT molecular complexity index is 364. The zero-order valence-electron chi connectivity index (χ0n) is 8.11. The third-order valence-corrected chi connectivity index (χ3v) is 1.93. The Morgan fingerprint density at radius 3 is 2.73 bits per heavy atom. The molecule has 0 saturated heterocycles. The zero-order chi connectivity index (χ0) is 11.4. The maximum Gasteiger partial charge on any atom is 0.306 e. The van der Waals surface area contributed by atoms with Crippen LogP contribution in [0.15, 0.2) is 18.2 Å². The lowest BCUT2D eigenvalue weighted by Crippen LogP contribution is -2.05. The van der Waals surface area contributed by atoms with Crippen LogP contribution >= 0.6 is 0 Å². The van der Waals surface area contributed by atoms with E-state index >= 15 is 0 Å². The Hall–Kier alpha value is -1.62. The molecule has 82 valence electrons. The third kappa shape index (κ3) is 2.92. The molecular weight excluding hydrogens is 203 g/mol. The molecule has 0 bridgehead atoms. The molecule has 2 N–H and O–H groups in total. The fraction of sp³-hybridized carbons (Fsp3) is 0.300. The zero-order valence-corrected chi connectivity index (χ0v) is 8.11. The van der Waals surface area contributed by atoms with Gasteiger partial charge in [0.05, 0.1) is 19.6 Å². The van der Waals surface area contributed by atoms with Crippen molar-refractivity contribution in [2.45, 2.75) is 12.5 Å². The summed E-state index contributed by atoms with van der Waals surface area (Å²) < 4.78 is 17.9. The number of benzene rings is 1. The van der Waals surface area contributed by atoms with Crippen molar-refractivity contribution in [2.24, 2.45) is 0 Å². The summed E-state index contributed by atoms with van der Waals surface area (Å²) in [6, 6.07) is 3.83. The maximum absolute atomic E-state index is 13.2. The van der Waals surface area contributed by atoms with Crippen LogP contribution in [0.5, 0.6) is 5.75 Å². The fourth-order valence-corrected chi connectivity index (χ4v) is 1.17. The number of halogens is 1. The molecule has 1 atom stereocenters. The van der Waals surface area contributed by atoms with E-state index in [2.05, 4.69) is 4.74 Å². The number of ether oxygens (including phenoxy) is 1. The number of methoxy groups -OCH3 is 1. The van der Waals surface area contributed by atoms with Gasteiger partial charge in [0.1, 0.15) is 0 Å². The van der Waals surface area contributed by atoms with Crippen LogP contribution in [-0.2, 0) is 4.79 Å². The van der Waals surface area contributed by atoms with Crippen LogP contribution < -0.4 is 4.74 Å². The Morgan fingerprint density at radius 2 is 2.27 bits per heavy atom. The van der Waals surface area contributed by atoms with Gasteiger partial charge in [0.25, 0.3) is 0 Å². The minimum Gasteiger partial charge on any atom is -0.494 e. The predicted molar refractivity (Wildman–Crippen MR) is 50.2 cm³/mol. The predicted octanol–water partition coefficient (Wildman–Crippen LogP) is 1.34. The van der Waals surface area contributed by atoms with Crippen molar-refractivity contribution in [1.82, 2.24) is 0 Å². The molecule has 0 aliphatic carbocycles. The van der Waals surface area contributed by atoms with Crippen LogP contribution in [0.4, 0.5) is 4.39 Å². The van der Waals surface area contributed by atoms with Gasteiger partial charge in [-0.05, 0) is 17.7 Å². The van der Waals surface area contributed by atoms with Crippen LogP contribution in [0.1, 0.15) is 18.1 Å². The molecule has 5 heteroatoms. The highest BCUT2D eigenvalue weighted by Gasteiger charge is 2.14. The number of carbonyl (C=O) groups is 1. The first-order valence-corrected chi connectivity index (χ1v) is 4.28. The van der Waals surface area contributed by atoms with Crippen LogP contribution in [-0.4, -0.2) is 23.3 Å². The van der Waals surface area contributed by atoms with Crippen molar-refractivity contribution in [3.8, 4) is 5.75 Å². The van der Waals surface area contributed by atoms with Crippen molar-refractivity contribution in [1.29, 1.82) is 0 Å². The van der Waals surface area contributed by atoms with Gasteiger partial charge in [-0.15, -0.1) is 0 Å². The molecule has 0 fully saturated rings. The summed E-state index contributed by atoms with van der Waals surface area (Å²) in [5.74, 6) is -1.71. The molecule has 1 aromatic carbocycles. The lowest BCUT2D eigenvalue weighted by Gasteiger charge is -2.09. The SMILES string of the molecule is COc1ccc(C(O)CC(=O)O)cc1F. The van der Waals surface area contributed by atoms with E-state index in [9.17, 15) is 14.3 Å². The molecular formula is C10H11FO4. The second-order valence-electron chi connectivity index (χ2n) is 3.01. The van der Waals surface area contributed by atoms with Gasteiger partial charge >= 0.3 is 5.97 Å².